The fraction of sp³-hybridized carbons (Fsp3) is 0.423. The molecule has 0 saturated carbocycles. The van der Waals surface area contributed by atoms with E-state index in [9.17, 15) is 30.8 Å². The number of carbonyl (C=O) groups is 1. The lowest BCUT2D eigenvalue weighted by Crippen LogP contribution is -3.08. The van der Waals surface area contributed by atoms with Crippen molar-refractivity contribution in [3.8, 4) is 0 Å². The molecule has 2 aliphatic heterocycles. The zero-order valence-corrected chi connectivity index (χ0v) is 22.8. The van der Waals surface area contributed by atoms with Gasteiger partial charge in [0, 0.05) is 26.2 Å². The van der Waals surface area contributed by atoms with Crippen molar-refractivity contribution in [2.45, 2.75) is 36.8 Å². The highest BCUT2D eigenvalue weighted by Crippen LogP contribution is 2.33. The standard InChI is InChI=1S/C26H28F4N6O4S/c27-19-7-2-3-8-20(19)41(38,39)36-14-6-13-34(15-16-36)21-10-9-18(17-31-21)32-24(37)22-23(26(28,29)30)33-25(40-22)35-11-4-1-5-12-35/h2-3,7-10,17H,1,4-6,11-16H2,(H,32,37)/p+1. The molecule has 220 valence electrons. The molecule has 2 aromatic heterocycles. The second kappa shape index (κ2) is 11.7. The van der Waals surface area contributed by atoms with Gasteiger partial charge in [-0.3, -0.25) is 9.69 Å². The Kier molecular flexibility index (Phi) is 8.29. The van der Waals surface area contributed by atoms with Crippen molar-refractivity contribution in [2.75, 3.05) is 49.5 Å². The zero-order chi connectivity index (χ0) is 29.2. The Morgan fingerprint density at radius 3 is 2.41 bits per heavy atom. The van der Waals surface area contributed by atoms with Crippen LogP contribution < -0.4 is 15.1 Å². The van der Waals surface area contributed by atoms with Gasteiger partial charge < -0.3 is 14.6 Å². The number of sulfonamides is 1. The van der Waals surface area contributed by atoms with Crippen LogP contribution in [-0.4, -0.2) is 67.9 Å². The van der Waals surface area contributed by atoms with E-state index in [1.54, 1.807) is 6.07 Å². The van der Waals surface area contributed by atoms with E-state index >= 15 is 0 Å². The Morgan fingerprint density at radius 2 is 1.73 bits per heavy atom. The van der Waals surface area contributed by atoms with Gasteiger partial charge in [0.15, 0.2) is 0 Å². The Balaban J connectivity index is 1.26. The fourth-order valence-corrected chi connectivity index (χ4v) is 6.54. The van der Waals surface area contributed by atoms with Gasteiger partial charge in [-0.2, -0.15) is 22.5 Å². The first kappa shape index (κ1) is 29.0. The third-order valence-electron chi connectivity index (χ3n) is 7.10. The SMILES string of the molecule is O=C(Nc1ccc(N2CCCN(S(=O)(=O)c3ccccc3F)CC2)nc1)c1oc([NH+]2CCCCC2)nc1C(F)(F)F. The minimum Gasteiger partial charge on any atom is -0.389 e. The van der Waals surface area contributed by atoms with Crippen LogP contribution in [0.1, 0.15) is 41.9 Å². The molecule has 0 atom stereocenters. The number of alkyl halides is 3. The summed E-state index contributed by atoms with van der Waals surface area (Å²) in [7, 11) is -4.02. The van der Waals surface area contributed by atoms with Gasteiger partial charge in [-0.25, -0.2) is 17.8 Å². The summed E-state index contributed by atoms with van der Waals surface area (Å²) in [5.41, 5.74) is -1.22. The number of piperidine rings is 1. The van der Waals surface area contributed by atoms with Crippen LogP contribution in [-0.2, 0) is 16.2 Å². The predicted molar refractivity (Wildman–Crippen MR) is 140 cm³/mol. The van der Waals surface area contributed by atoms with Gasteiger partial charge in [0.2, 0.25) is 21.5 Å². The van der Waals surface area contributed by atoms with Crippen molar-refractivity contribution in [1.29, 1.82) is 0 Å². The van der Waals surface area contributed by atoms with E-state index in [0.29, 0.717) is 36.8 Å². The second-order valence-electron chi connectivity index (χ2n) is 9.89. The van der Waals surface area contributed by atoms with Crippen LogP contribution in [0.25, 0.3) is 0 Å². The number of nitrogens with one attached hydrogen (secondary N) is 2. The number of pyridine rings is 1. The van der Waals surface area contributed by atoms with E-state index in [1.807, 2.05) is 4.90 Å². The maximum atomic E-state index is 14.2. The highest BCUT2D eigenvalue weighted by molar-refractivity contribution is 7.89. The molecule has 10 nitrogen and oxygen atoms in total. The smallest absolute Gasteiger partial charge is 0.389 e. The van der Waals surface area contributed by atoms with E-state index in [-0.39, 0.29) is 36.2 Å². The molecule has 0 unspecified atom stereocenters. The highest BCUT2D eigenvalue weighted by Gasteiger charge is 2.43. The van der Waals surface area contributed by atoms with E-state index in [4.69, 9.17) is 4.42 Å². The van der Waals surface area contributed by atoms with E-state index in [2.05, 4.69) is 15.3 Å². The lowest BCUT2D eigenvalue weighted by Gasteiger charge is -2.23. The number of aromatic nitrogens is 2. The molecule has 2 N–H and O–H groups in total. The average Bonchev–Trinajstić information content (AvgIpc) is 3.27. The van der Waals surface area contributed by atoms with Crippen LogP contribution in [0.3, 0.4) is 0 Å². The van der Waals surface area contributed by atoms with Gasteiger partial charge in [0.05, 0.1) is 25.0 Å². The zero-order valence-electron chi connectivity index (χ0n) is 22.0. The Bertz CT molecular complexity index is 1490. The molecule has 1 amide bonds. The number of hydrogen-bond acceptors (Lipinski definition) is 7. The summed E-state index contributed by atoms with van der Waals surface area (Å²) >= 11 is 0. The monoisotopic (exact) mass is 597 g/mol. The van der Waals surface area contributed by atoms with Crippen LogP contribution in [0.15, 0.2) is 51.9 Å². The lowest BCUT2D eigenvalue weighted by molar-refractivity contribution is -0.849. The van der Waals surface area contributed by atoms with Gasteiger partial charge in [-0.1, -0.05) is 12.1 Å². The van der Waals surface area contributed by atoms with Crippen molar-refractivity contribution in [3.05, 3.63) is 59.9 Å². The third kappa shape index (κ3) is 6.36. The van der Waals surface area contributed by atoms with Gasteiger partial charge >= 0.3 is 12.2 Å². The number of nitrogens with zero attached hydrogens (tertiary/aromatic N) is 4. The number of rotatable bonds is 6. The summed E-state index contributed by atoms with van der Waals surface area (Å²) in [6.07, 6.45) is -0.473. The molecule has 5 rings (SSSR count). The highest BCUT2D eigenvalue weighted by atomic mass is 32.2. The number of hydrogen-bond donors (Lipinski definition) is 2. The van der Waals surface area contributed by atoms with Crippen molar-refractivity contribution in [1.82, 2.24) is 14.3 Å². The number of halogens is 4. The molecule has 0 spiro atoms. The topological polar surface area (TPSA) is 113 Å². The molecule has 4 heterocycles. The first-order valence-electron chi connectivity index (χ1n) is 13.2. The van der Waals surface area contributed by atoms with Crippen LogP contribution in [0.4, 0.5) is 35.1 Å². The molecule has 1 aromatic carbocycles. The van der Waals surface area contributed by atoms with E-state index < -0.39 is 39.4 Å². The van der Waals surface area contributed by atoms with Crippen LogP contribution in [0.2, 0.25) is 0 Å². The minimum atomic E-state index is -4.87. The number of carbonyl (C=O) groups excluding carboxylic acids is 1. The second-order valence-corrected chi connectivity index (χ2v) is 11.8. The molecular weight excluding hydrogens is 568 g/mol. The number of benzene rings is 1. The third-order valence-corrected chi connectivity index (χ3v) is 9.03. The number of oxazole rings is 1. The van der Waals surface area contributed by atoms with Crippen LogP contribution in [0.5, 0.6) is 0 Å². The molecule has 2 fully saturated rings. The minimum absolute atomic E-state index is 0.101. The summed E-state index contributed by atoms with van der Waals surface area (Å²) < 4.78 is 87.6. The van der Waals surface area contributed by atoms with Crippen LogP contribution in [0, 0.1) is 5.82 Å². The van der Waals surface area contributed by atoms with Crippen LogP contribution >= 0.6 is 0 Å². The van der Waals surface area contributed by atoms with Gasteiger partial charge in [0.25, 0.3) is 5.91 Å². The molecule has 41 heavy (non-hydrogen) atoms. The maximum Gasteiger partial charge on any atom is 0.437 e. The number of amides is 1. The summed E-state index contributed by atoms with van der Waals surface area (Å²) in [6, 6.07) is 8.12. The Labute approximate surface area is 234 Å². The Hall–Kier alpha value is -3.56. The average molecular weight is 598 g/mol. The Morgan fingerprint density at radius 1 is 0.976 bits per heavy atom. The molecule has 0 bridgehead atoms. The number of quaternary nitrogens is 1. The summed E-state index contributed by atoms with van der Waals surface area (Å²) in [5, 5.41) is 2.39. The summed E-state index contributed by atoms with van der Waals surface area (Å²) in [4.78, 5) is 22.9. The molecule has 15 heteroatoms. The fourth-order valence-electron chi connectivity index (χ4n) is 5.00. The largest absolute Gasteiger partial charge is 0.437 e. The molecule has 0 radical (unpaired) electrons. The molecular formula is C26H29F4N6O4S+. The first-order valence-corrected chi connectivity index (χ1v) is 14.7. The summed E-state index contributed by atoms with van der Waals surface area (Å²) in [6.45, 7) is 2.20. The molecule has 2 aliphatic rings. The molecule has 0 aliphatic carbocycles. The molecule has 2 saturated heterocycles. The molecule has 3 aromatic rings. The van der Waals surface area contributed by atoms with E-state index in [0.717, 1.165) is 25.3 Å². The normalized spacial score (nSPS) is 17.8. The summed E-state index contributed by atoms with van der Waals surface area (Å²) in [5.74, 6) is -2.33. The van der Waals surface area contributed by atoms with E-state index in [1.165, 1.54) is 34.8 Å². The maximum absolute atomic E-state index is 14.2. The first-order chi connectivity index (χ1) is 19.5. The van der Waals surface area contributed by atoms with Crippen molar-refractivity contribution in [2.24, 2.45) is 0 Å². The quantitative estimate of drug-likeness (QED) is 0.420. The van der Waals surface area contributed by atoms with Crippen molar-refractivity contribution in [3.63, 3.8) is 0 Å². The van der Waals surface area contributed by atoms with Crippen molar-refractivity contribution < 1.29 is 40.1 Å². The lowest BCUT2D eigenvalue weighted by atomic mass is 10.1. The number of anilines is 2. The predicted octanol–water partition coefficient (Wildman–Crippen LogP) is 3.08. The van der Waals surface area contributed by atoms with Gasteiger partial charge in [-0.15, -0.1) is 0 Å². The van der Waals surface area contributed by atoms with Gasteiger partial charge in [0.1, 0.15) is 16.5 Å². The van der Waals surface area contributed by atoms with Gasteiger partial charge in [-0.05, 0) is 49.9 Å². The van der Waals surface area contributed by atoms with Crippen molar-refractivity contribution >= 4 is 33.5 Å².